The molecule has 0 fully saturated rings. The lowest BCUT2D eigenvalue weighted by Crippen LogP contribution is -2.58. The molecule has 2 atom stereocenters. The summed E-state index contributed by atoms with van der Waals surface area (Å²) in [5, 5.41) is 7.46. The van der Waals surface area contributed by atoms with Gasteiger partial charge in [-0.25, -0.2) is 4.79 Å². The molecule has 0 aromatic heterocycles. The summed E-state index contributed by atoms with van der Waals surface area (Å²) in [5.74, 6) is -1.72. The summed E-state index contributed by atoms with van der Waals surface area (Å²) in [6.45, 7) is 12.2. The third kappa shape index (κ3) is 9.81. The van der Waals surface area contributed by atoms with Crippen LogP contribution in [0.4, 0.5) is 4.79 Å². The highest BCUT2D eigenvalue weighted by molar-refractivity contribution is 5.93. The number of nitrogens with one attached hydrogen (secondary N) is 3. The summed E-state index contributed by atoms with van der Waals surface area (Å²) in [7, 11) is 1.46. The van der Waals surface area contributed by atoms with Crippen molar-refractivity contribution in [1.82, 2.24) is 16.0 Å². The Bertz CT molecular complexity index is 548. The van der Waals surface area contributed by atoms with Crippen molar-refractivity contribution in [2.75, 3.05) is 13.7 Å². The van der Waals surface area contributed by atoms with Crippen molar-refractivity contribution in [2.45, 2.75) is 72.6 Å². The Morgan fingerprint density at radius 1 is 0.926 bits per heavy atom. The van der Waals surface area contributed by atoms with Crippen LogP contribution in [0.2, 0.25) is 0 Å². The molecule has 3 amide bonds. The van der Waals surface area contributed by atoms with Gasteiger partial charge in [0.2, 0.25) is 11.8 Å². The van der Waals surface area contributed by atoms with Crippen LogP contribution in [-0.4, -0.2) is 55.2 Å². The minimum absolute atomic E-state index is 0.141. The van der Waals surface area contributed by atoms with Gasteiger partial charge in [0.05, 0.1) is 13.0 Å². The maximum absolute atomic E-state index is 12.7. The molecule has 0 aliphatic rings. The van der Waals surface area contributed by atoms with Gasteiger partial charge in [0, 0.05) is 7.05 Å². The molecule has 0 spiro atoms. The third-order valence-corrected chi connectivity index (χ3v) is 3.34. The molecule has 3 N–H and O–H groups in total. The fourth-order valence-electron chi connectivity index (χ4n) is 2.11. The first-order valence-electron chi connectivity index (χ1n) is 8.88. The van der Waals surface area contributed by atoms with Crippen molar-refractivity contribution in [3.05, 3.63) is 0 Å². The first-order chi connectivity index (χ1) is 12.2. The van der Waals surface area contributed by atoms with E-state index in [0.717, 1.165) is 0 Å². The standard InChI is InChI=1S/C18H33N3O6/c1-9-26-12(22)10-11(20-16(25)27-18(5,6)7)14(23)21-13(15(24)19-8)17(2,3)4/h11,13H,9-10H2,1-8H3,(H,19,24)(H,20,25)(H,21,23)/t11-,13-/m1/s1. The second-order valence-corrected chi connectivity index (χ2v) is 8.13. The van der Waals surface area contributed by atoms with Crippen LogP contribution in [0.1, 0.15) is 54.9 Å². The summed E-state index contributed by atoms with van der Waals surface area (Å²) in [5.41, 5.74) is -1.36. The van der Waals surface area contributed by atoms with Gasteiger partial charge in [-0.15, -0.1) is 0 Å². The number of carbonyl (C=O) groups is 4. The fraction of sp³-hybridized carbons (Fsp3) is 0.778. The number of ether oxygens (including phenoxy) is 2. The maximum atomic E-state index is 12.7. The van der Waals surface area contributed by atoms with Crippen molar-refractivity contribution in [1.29, 1.82) is 0 Å². The van der Waals surface area contributed by atoms with Gasteiger partial charge in [0.25, 0.3) is 0 Å². The van der Waals surface area contributed by atoms with Crippen molar-refractivity contribution >= 4 is 23.9 Å². The predicted octanol–water partition coefficient (Wildman–Crippen LogP) is 1.11. The zero-order valence-corrected chi connectivity index (χ0v) is 17.5. The van der Waals surface area contributed by atoms with Crippen LogP contribution in [0.15, 0.2) is 0 Å². The van der Waals surface area contributed by atoms with Crippen LogP contribution in [0.5, 0.6) is 0 Å². The molecule has 0 unspecified atom stereocenters. The topological polar surface area (TPSA) is 123 Å². The lowest BCUT2D eigenvalue weighted by molar-refractivity contribution is -0.145. The molecule has 0 aromatic rings. The second-order valence-electron chi connectivity index (χ2n) is 8.13. The first-order valence-corrected chi connectivity index (χ1v) is 8.88. The van der Waals surface area contributed by atoms with Crippen molar-refractivity contribution in [3.63, 3.8) is 0 Å². The highest BCUT2D eigenvalue weighted by Crippen LogP contribution is 2.19. The molecular formula is C18H33N3O6. The number of likely N-dealkylation sites (N-methyl/N-ethyl adjacent to an activating group) is 1. The van der Waals surface area contributed by atoms with Gasteiger partial charge in [0.15, 0.2) is 0 Å². The van der Waals surface area contributed by atoms with E-state index in [1.54, 1.807) is 48.5 Å². The van der Waals surface area contributed by atoms with E-state index in [2.05, 4.69) is 16.0 Å². The van der Waals surface area contributed by atoms with Gasteiger partial charge in [-0.2, -0.15) is 0 Å². The van der Waals surface area contributed by atoms with E-state index >= 15 is 0 Å². The van der Waals surface area contributed by atoms with Crippen LogP contribution in [0.3, 0.4) is 0 Å². The van der Waals surface area contributed by atoms with Crippen molar-refractivity contribution in [2.24, 2.45) is 5.41 Å². The van der Waals surface area contributed by atoms with Crippen molar-refractivity contribution < 1.29 is 28.7 Å². The second kappa shape index (κ2) is 10.1. The number of alkyl carbamates (subject to hydrolysis) is 1. The van der Waals surface area contributed by atoms with Crippen LogP contribution >= 0.6 is 0 Å². The Balaban J connectivity index is 5.38. The van der Waals surface area contributed by atoms with Crippen LogP contribution in [-0.2, 0) is 23.9 Å². The SMILES string of the molecule is CCOC(=O)C[C@@H](NC(=O)OC(C)(C)C)C(=O)N[C@H](C(=O)NC)C(C)(C)C. The molecule has 0 aliphatic carbocycles. The van der Waals surface area contributed by atoms with E-state index in [1.165, 1.54) is 7.05 Å². The molecule has 0 aliphatic heterocycles. The molecule has 0 bridgehead atoms. The Hall–Kier alpha value is -2.32. The van der Waals surface area contributed by atoms with Gasteiger partial charge < -0.3 is 25.4 Å². The van der Waals surface area contributed by atoms with Crippen LogP contribution < -0.4 is 16.0 Å². The number of hydrogen-bond acceptors (Lipinski definition) is 6. The molecular weight excluding hydrogens is 354 g/mol. The molecule has 0 heterocycles. The van der Waals surface area contributed by atoms with E-state index < -0.39 is 41.1 Å². The van der Waals surface area contributed by atoms with E-state index in [0.29, 0.717) is 0 Å². The summed E-state index contributed by atoms with van der Waals surface area (Å²) in [6, 6.07) is -2.10. The number of rotatable bonds is 7. The summed E-state index contributed by atoms with van der Waals surface area (Å²) in [4.78, 5) is 48.7. The Morgan fingerprint density at radius 3 is 1.89 bits per heavy atom. The van der Waals surface area contributed by atoms with Gasteiger partial charge in [-0.1, -0.05) is 20.8 Å². The molecule has 9 heteroatoms. The quantitative estimate of drug-likeness (QED) is 0.562. The smallest absolute Gasteiger partial charge is 0.408 e. The van der Waals surface area contributed by atoms with Gasteiger partial charge in [0.1, 0.15) is 17.7 Å². The zero-order chi connectivity index (χ0) is 21.4. The zero-order valence-electron chi connectivity index (χ0n) is 17.5. The molecule has 0 radical (unpaired) electrons. The number of amides is 3. The minimum Gasteiger partial charge on any atom is -0.466 e. The van der Waals surface area contributed by atoms with Crippen LogP contribution in [0.25, 0.3) is 0 Å². The Labute approximate surface area is 160 Å². The molecule has 0 saturated carbocycles. The third-order valence-electron chi connectivity index (χ3n) is 3.34. The Kier molecular flexibility index (Phi) is 9.26. The fourth-order valence-corrected chi connectivity index (χ4v) is 2.11. The lowest BCUT2D eigenvalue weighted by Gasteiger charge is -2.31. The summed E-state index contributed by atoms with van der Waals surface area (Å²) < 4.78 is 9.99. The predicted molar refractivity (Wildman–Crippen MR) is 99.9 cm³/mol. The molecule has 27 heavy (non-hydrogen) atoms. The van der Waals surface area contributed by atoms with E-state index in [-0.39, 0.29) is 18.9 Å². The normalized spacial score (nSPS) is 13.8. The van der Waals surface area contributed by atoms with Crippen LogP contribution in [0, 0.1) is 5.41 Å². The highest BCUT2D eigenvalue weighted by Gasteiger charge is 2.35. The number of esters is 1. The van der Waals surface area contributed by atoms with Gasteiger partial charge in [-0.05, 0) is 33.1 Å². The molecule has 0 rings (SSSR count). The summed E-state index contributed by atoms with van der Waals surface area (Å²) in [6.07, 6.45) is -1.23. The van der Waals surface area contributed by atoms with E-state index in [9.17, 15) is 19.2 Å². The van der Waals surface area contributed by atoms with Crippen molar-refractivity contribution in [3.8, 4) is 0 Å². The number of hydrogen-bond donors (Lipinski definition) is 3. The summed E-state index contributed by atoms with van der Waals surface area (Å²) >= 11 is 0. The highest BCUT2D eigenvalue weighted by atomic mass is 16.6. The molecule has 156 valence electrons. The first kappa shape index (κ1) is 24.7. The average Bonchev–Trinajstić information content (AvgIpc) is 2.48. The largest absolute Gasteiger partial charge is 0.466 e. The van der Waals surface area contributed by atoms with Gasteiger partial charge in [-0.3, -0.25) is 14.4 Å². The Morgan fingerprint density at radius 2 is 1.48 bits per heavy atom. The maximum Gasteiger partial charge on any atom is 0.408 e. The average molecular weight is 387 g/mol. The molecule has 0 aromatic carbocycles. The number of carbonyl (C=O) groups excluding carboxylic acids is 4. The van der Waals surface area contributed by atoms with E-state index in [1.807, 2.05) is 0 Å². The molecule has 9 nitrogen and oxygen atoms in total. The van der Waals surface area contributed by atoms with Gasteiger partial charge >= 0.3 is 12.1 Å². The van der Waals surface area contributed by atoms with E-state index in [4.69, 9.17) is 9.47 Å². The monoisotopic (exact) mass is 387 g/mol. The minimum atomic E-state index is -1.24. The lowest BCUT2D eigenvalue weighted by atomic mass is 9.86. The molecule has 0 saturated heterocycles.